The molecule has 1 amide bonds. The molecule has 1 aromatic heterocycles. The zero-order valence-corrected chi connectivity index (χ0v) is 21.8. The monoisotopic (exact) mass is 508 g/mol. The molecule has 194 valence electrons. The Labute approximate surface area is 223 Å². The average molecular weight is 509 g/mol. The molecule has 0 spiro atoms. The normalized spacial score (nSPS) is 14.8. The summed E-state index contributed by atoms with van der Waals surface area (Å²) < 4.78 is 5.94. The summed E-state index contributed by atoms with van der Waals surface area (Å²) in [5, 5.41) is 15.1. The zero-order chi connectivity index (χ0) is 26.7. The van der Waals surface area contributed by atoms with E-state index in [1.807, 2.05) is 49.4 Å². The van der Waals surface area contributed by atoms with Gasteiger partial charge in [-0.15, -0.1) is 0 Å². The number of aromatic nitrogens is 2. The molecule has 3 aromatic rings. The number of allylic oxidation sites excluding steroid dienone is 2. The van der Waals surface area contributed by atoms with Crippen LogP contribution in [0.5, 0.6) is 5.75 Å². The molecule has 1 aliphatic rings. The van der Waals surface area contributed by atoms with Gasteiger partial charge in [-0.25, -0.2) is 15.0 Å². The maximum Gasteiger partial charge on any atom is 0.230 e. The van der Waals surface area contributed by atoms with Gasteiger partial charge in [0.15, 0.2) is 11.6 Å². The number of ether oxygens (including phenoxy) is 1. The third kappa shape index (κ3) is 7.34. The van der Waals surface area contributed by atoms with E-state index in [2.05, 4.69) is 33.1 Å². The Morgan fingerprint density at radius 1 is 1.18 bits per heavy atom. The smallest absolute Gasteiger partial charge is 0.230 e. The van der Waals surface area contributed by atoms with Crippen molar-refractivity contribution in [3.8, 4) is 23.2 Å². The fourth-order valence-corrected chi connectivity index (χ4v) is 4.31. The largest absolute Gasteiger partial charge is 0.490 e. The van der Waals surface area contributed by atoms with E-state index in [0.717, 1.165) is 42.6 Å². The van der Waals surface area contributed by atoms with Crippen LogP contribution in [0.4, 0.5) is 0 Å². The van der Waals surface area contributed by atoms with Crippen molar-refractivity contribution in [2.75, 3.05) is 26.7 Å². The lowest BCUT2D eigenvalue weighted by molar-refractivity contribution is -0.118. The van der Waals surface area contributed by atoms with Gasteiger partial charge in [0.2, 0.25) is 6.41 Å². The molecule has 2 aromatic carbocycles. The average Bonchev–Trinajstić information content (AvgIpc) is 2.96. The highest BCUT2D eigenvalue weighted by atomic mass is 16.5. The van der Waals surface area contributed by atoms with Gasteiger partial charge in [-0.2, -0.15) is 10.4 Å². The Morgan fingerprint density at radius 3 is 2.66 bits per heavy atom. The van der Waals surface area contributed by atoms with E-state index >= 15 is 0 Å². The summed E-state index contributed by atoms with van der Waals surface area (Å²) in [6, 6.07) is 17.0. The topological polar surface area (TPSA) is 94.7 Å². The number of likely N-dealkylation sites (tertiary alicyclic amines) is 1. The number of benzene rings is 2. The molecule has 4 rings (SSSR count). The van der Waals surface area contributed by atoms with Crippen LogP contribution in [0.25, 0.3) is 11.4 Å². The van der Waals surface area contributed by atoms with Gasteiger partial charge >= 0.3 is 0 Å². The molecule has 8 heteroatoms. The van der Waals surface area contributed by atoms with Crippen LogP contribution in [0, 0.1) is 17.2 Å². The maximum absolute atomic E-state index is 11.9. The third-order valence-corrected chi connectivity index (χ3v) is 6.45. The van der Waals surface area contributed by atoms with Crippen LogP contribution in [-0.2, 0) is 11.3 Å². The van der Waals surface area contributed by atoms with E-state index < -0.39 is 0 Å². The molecule has 1 fully saturated rings. The van der Waals surface area contributed by atoms with Crippen molar-refractivity contribution in [2.24, 2.45) is 11.0 Å². The van der Waals surface area contributed by atoms with Gasteiger partial charge in [0.25, 0.3) is 0 Å². The Bertz CT molecular complexity index is 1320. The number of carbonyl (C=O) groups excluding carboxylic acids is 1. The van der Waals surface area contributed by atoms with Gasteiger partial charge in [-0.05, 0) is 75.7 Å². The van der Waals surface area contributed by atoms with Crippen molar-refractivity contribution < 1.29 is 9.53 Å². The van der Waals surface area contributed by atoms with Crippen molar-refractivity contribution in [2.45, 2.75) is 26.3 Å². The number of hydrogen-bond donors (Lipinski definition) is 0. The summed E-state index contributed by atoms with van der Waals surface area (Å²) in [7, 11) is 2.15. The Morgan fingerprint density at radius 2 is 1.95 bits per heavy atom. The van der Waals surface area contributed by atoms with Crippen LogP contribution < -0.4 is 4.74 Å². The number of hydrazone groups is 1. The Hall–Kier alpha value is -4.35. The number of amides is 1. The Kier molecular flexibility index (Phi) is 9.32. The molecule has 38 heavy (non-hydrogen) atoms. The molecular formula is C30H32N6O2. The van der Waals surface area contributed by atoms with Gasteiger partial charge in [-0.1, -0.05) is 36.4 Å². The minimum absolute atomic E-state index is 0.272. The van der Waals surface area contributed by atoms with E-state index in [9.17, 15) is 10.1 Å². The summed E-state index contributed by atoms with van der Waals surface area (Å²) in [4.78, 5) is 23.2. The number of carbonyl (C=O) groups is 1. The molecule has 1 saturated heterocycles. The van der Waals surface area contributed by atoms with Crippen molar-refractivity contribution >= 4 is 12.1 Å². The fraction of sp³-hybridized carbons (Fsp3) is 0.300. The molecule has 8 nitrogen and oxygen atoms in total. The second-order valence-corrected chi connectivity index (χ2v) is 9.38. The lowest BCUT2D eigenvalue weighted by Crippen LogP contribution is -2.32. The van der Waals surface area contributed by atoms with Crippen molar-refractivity contribution in [3.63, 3.8) is 0 Å². The van der Waals surface area contributed by atoms with Crippen LogP contribution >= 0.6 is 0 Å². The Balaban J connectivity index is 1.44. The predicted molar refractivity (Wildman–Crippen MR) is 147 cm³/mol. The first-order chi connectivity index (χ1) is 18.6. The molecule has 0 saturated carbocycles. The molecule has 0 N–H and O–H groups in total. The van der Waals surface area contributed by atoms with Crippen molar-refractivity contribution in [3.05, 3.63) is 89.8 Å². The van der Waals surface area contributed by atoms with E-state index in [1.54, 1.807) is 30.6 Å². The maximum atomic E-state index is 11.9. The highest BCUT2D eigenvalue weighted by Crippen LogP contribution is 2.21. The molecule has 0 unspecified atom stereocenters. The number of nitriles is 1. The van der Waals surface area contributed by atoms with Crippen LogP contribution in [0.3, 0.4) is 0 Å². The highest BCUT2D eigenvalue weighted by Gasteiger charge is 2.17. The molecule has 0 aliphatic carbocycles. The van der Waals surface area contributed by atoms with Crippen molar-refractivity contribution in [1.82, 2.24) is 19.9 Å². The second-order valence-electron chi connectivity index (χ2n) is 9.38. The quantitative estimate of drug-likeness (QED) is 0.224. The van der Waals surface area contributed by atoms with E-state index in [-0.39, 0.29) is 6.54 Å². The van der Waals surface area contributed by atoms with E-state index in [1.165, 1.54) is 5.01 Å². The number of hydrogen-bond acceptors (Lipinski definition) is 7. The molecule has 2 heterocycles. The summed E-state index contributed by atoms with van der Waals surface area (Å²) in [6.07, 6.45) is 10.1. The molecule has 0 radical (unpaired) electrons. The molecule has 1 aliphatic heterocycles. The van der Waals surface area contributed by atoms with Gasteiger partial charge in [0.05, 0.1) is 42.9 Å². The number of piperidine rings is 1. The standard InChI is InChI=1S/C30H32N6O2/c1-3-6-29(26-9-4-7-24(15-26)17-31)34-36(22-37)20-25-8-5-10-27(16-25)30-32-18-28(19-33-30)38-21-23-11-13-35(2)14-12-23/h3-10,15-16,18-19,22-23H,11-14,20-21H2,1-2H3/b6-3-,34-29+. The molecular weight excluding hydrogens is 476 g/mol. The van der Waals surface area contributed by atoms with Gasteiger partial charge in [0, 0.05) is 11.1 Å². The zero-order valence-electron chi connectivity index (χ0n) is 21.8. The van der Waals surface area contributed by atoms with Gasteiger partial charge < -0.3 is 9.64 Å². The lowest BCUT2D eigenvalue weighted by atomic mass is 9.98. The minimum atomic E-state index is 0.272. The summed E-state index contributed by atoms with van der Waals surface area (Å²) in [5.41, 5.74) is 3.61. The van der Waals surface area contributed by atoms with Crippen LogP contribution in [0.15, 0.2) is 78.2 Å². The summed E-state index contributed by atoms with van der Waals surface area (Å²) in [5.74, 6) is 1.82. The van der Waals surface area contributed by atoms with Gasteiger partial charge in [0.1, 0.15) is 0 Å². The second kappa shape index (κ2) is 13.3. The van der Waals surface area contributed by atoms with Crippen LogP contribution in [-0.4, -0.2) is 58.7 Å². The predicted octanol–water partition coefficient (Wildman–Crippen LogP) is 4.67. The summed E-state index contributed by atoms with van der Waals surface area (Å²) >= 11 is 0. The van der Waals surface area contributed by atoms with Gasteiger partial charge in [-0.3, -0.25) is 4.79 Å². The minimum Gasteiger partial charge on any atom is -0.490 e. The molecule has 0 bridgehead atoms. The van der Waals surface area contributed by atoms with Crippen LogP contribution in [0.2, 0.25) is 0 Å². The fourth-order valence-electron chi connectivity index (χ4n) is 4.31. The first-order valence-electron chi connectivity index (χ1n) is 12.7. The van der Waals surface area contributed by atoms with E-state index in [0.29, 0.717) is 41.8 Å². The first-order valence-corrected chi connectivity index (χ1v) is 12.7. The molecule has 0 atom stereocenters. The summed E-state index contributed by atoms with van der Waals surface area (Å²) in [6.45, 7) is 5.05. The SMILES string of the molecule is C/C=C\C(=N/N(C=O)Cc1cccc(-c2ncc(OCC3CCN(C)CC3)cn2)c1)c1cccc(C#N)c1. The number of rotatable bonds is 10. The highest BCUT2D eigenvalue weighted by molar-refractivity contribution is 6.08. The van der Waals surface area contributed by atoms with Crippen LogP contribution in [0.1, 0.15) is 36.5 Å². The number of nitrogens with zero attached hydrogens (tertiary/aromatic N) is 6. The lowest BCUT2D eigenvalue weighted by Gasteiger charge is -2.28. The first kappa shape index (κ1) is 26.7. The third-order valence-electron chi connectivity index (χ3n) is 6.45. The van der Waals surface area contributed by atoms with E-state index in [4.69, 9.17) is 4.74 Å². The van der Waals surface area contributed by atoms with Crippen molar-refractivity contribution in [1.29, 1.82) is 5.26 Å².